The molecule has 0 aromatic carbocycles. The minimum Gasteiger partial charge on any atom is -0.481 e. The molecule has 114 valence electrons. The largest absolute Gasteiger partial charge is 0.481 e. The molecule has 2 aromatic rings. The van der Waals surface area contributed by atoms with Gasteiger partial charge in [-0.25, -0.2) is 0 Å². The summed E-state index contributed by atoms with van der Waals surface area (Å²) < 4.78 is 2.73. The van der Waals surface area contributed by atoms with Gasteiger partial charge in [0.15, 0.2) is 5.16 Å². The smallest absolute Gasteiger partial charge is 0.313 e. The maximum atomic E-state index is 10.8. The molecule has 0 spiro atoms. The van der Waals surface area contributed by atoms with Crippen molar-refractivity contribution < 1.29 is 9.90 Å². The van der Waals surface area contributed by atoms with Crippen molar-refractivity contribution in [3.05, 3.63) is 27.2 Å². The Hall–Kier alpha value is -1.05. The van der Waals surface area contributed by atoms with Crippen molar-refractivity contribution in [3.8, 4) is 0 Å². The van der Waals surface area contributed by atoms with Crippen LogP contribution in [0, 0.1) is 0 Å². The molecule has 0 radical (unpaired) electrons. The van der Waals surface area contributed by atoms with E-state index in [0.29, 0.717) is 5.16 Å². The van der Waals surface area contributed by atoms with Gasteiger partial charge in [-0.05, 0) is 19.1 Å². The number of hydrogen-bond acceptors (Lipinski definition) is 5. The lowest BCUT2D eigenvalue weighted by Crippen LogP contribution is -2.12. The Kier molecular flexibility index (Phi) is 5.29. The first-order valence-corrected chi connectivity index (χ1v) is 8.62. The first-order valence-electron chi connectivity index (χ1n) is 6.44. The third kappa shape index (κ3) is 3.78. The number of rotatable bonds is 6. The van der Waals surface area contributed by atoms with Gasteiger partial charge in [0.2, 0.25) is 0 Å². The maximum Gasteiger partial charge on any atom is 0.313 e. The Labute approximate surface area is 136 Å². The van der Waals surface area contributed by atoms with Gasteiger partial charge in [-0.2, -0.15) is 0 Å². The molecule has 0 amide bonds. The van der Waals surface area contributed by atoms with Crippen LogP contribution in [0.5, 0.6) is 0 Å². The highest BCUT2D eigenvalue weighted by molar-refractivity contribution is 7.99. The van der Waals surface area contributed by atoms with Gasteiger partial charge in [0, 0.05) is 10.8 Å². The average Bonchev–Trinajstić information content (AvgIpc) is 3.01. The van der Waals surface area contributed by atoms with Crippen LogP contribution >= 0.6 is 34.7 Å². The fourth-order valence-corrected chi connectivity index (χ4v) is 3.80. The van der Waals surface area contributed by atoms with Crippen LogP contribution in [-0.4, -0.2) is 31.6 Å². The summed E-state index contributed by atoms with van der Waals surface area (Å²) in [5.41, 5.74) is 0. The summed E-state index contributed by atoms with van der Waals surface area (Å²) in [5.74, 6) is 0.149. The minimum atomic E-state index is -0.868. The highest BCUT2D eigenvalue weighted by atomic mass is 35.5. The second-order valence-electron chi connectivity index (χ2n) is 4.87. The first-order chi connectivity index (χ1) is 9.90. The fourth-order valence-electron chi connectivity index (χ4n) is 1.95. The summed E-state index contributed by atoms with van der Waals surface area (Å²) >= 11 is 8.70. The number of thiophene rings is 1. The van der Waals surface area contributed by atoms with E-state index in [2.05, 4.69) is 10.2 Å². The van der Waals surface area contributed by atoms with Crippen molar-refractivity contribution in [1.29, 1.82) is 0 Å². The van der Waals surface area contributed by atoms with Gasteiger partial charge in [0.25, 0.3) is 0 Å². The van der Waals surface area contributed by atoms with E-state index < -0.39 is 5.97 Å². The molecule has 21 heavy (non-hydrogen) atoms. The quantitative estimate of drug-likeness (QED) is 0.804. The Morgan fingerprint density at radius 2 is 2.14 bits per heavy atom. The van der Waals surface area contributed by atoms with Gasteiger partial charge in [0.05, 0.1) is 16.1 Å². The summed E-state index contributed by atoms with van der Waals surface area (Å²) in [6.07, 6.45) is 0. The number of aromatic nitrogens is 3. The van der Waals surface area contributed by atoms with Gasteiger partial charge >= 0.3 is 5.97 Å². The summed E-state index contributed by atoms with van der Waals surface area (Å²) in [6.45, 7) is 6.13. The minimum absolute atomic E-state index is 0.0196. The number of nitrogens with zero attached hydrogens (tertiary/aromatic N) is 3. The summed E-state index contributed by atoms with van der Waals surface area (Å²) in [7, 11) is 0. The number of aliphatic carboxylic acids is 1. The standard InChI is InChI=1S/C13H16ClN3O2S2/c1-7(2)12-15-16-13(20-6-11(18)19)17(12)8(3)9-4-5-10(14)21-9/h4-5,7-8H,6H2,1-3H3,(H,18,19). The number of carboxylic acid groups (broad SMARTS) is 1. The van der Waals surface area contributed by atoms with Crippen LogP contribution < -0.4 is 0 Å². The van der Waals surface area contributed by atoms with Crippen LogP contribution in [0.4, 0.5) is 0 Å². The molecule has 2 heterocycles. The Morgan fingerprint density at radius 1 is 1.43 bits per heavy atom. The van der Waals surface area contributed by atoms with E-state index in [9.17, 15) is 4.79 Å². The molecule has 0 bridgehead atoms. The van der Waals surface area contributed by atoms with Crippen molar-refractivity contribution >= 4 is 40.7 Å². The third-order valence-electron chi connectivity index (χ3n) is 2.93. The molecule has 0 aliphatic heterocycles. The predicted molar refractivity (Wildman–Crippen MR) is 85.6 cm³/mol. The number of carbonyl (C=O) groups is 1. The normalized spacial score (nSPS) is 12.8. The predicted octanol–water partition coefficient (Wildman–Crippen LogP) is 3.90. The van der Waals surface area contributed by atoms with Crippen molar-refractivity contribution in [1.82, 2.24) is 14.8 Å². The van der Waals surface area contributed by atoms with Gasteiger partial charge in [-0.15, -0.1) is 21.5 Å². The van der Waals surface area contributed by atoms with E-state index >= 15 is 0 Å². The molecule has 0 saturated heterocycles. The Balaban J connectivity index is 2.38. The van der Waals surface area contributed by atoms with Gasteiger partial charge in [-0.1, -0.05) is 37.2 Å². The van der Waals surface area contributed by atoms with Gasteiger partial charge in [0.1, 0.15) is 5.82 Å². The zero-order valence-corrected chi connectivity index (χ0v) is 14.3. The second-order valence-corrected chi connectivity index (χ2v) is 7.55. The average molecular weight is 346 g/mol. The van der Waals surface area contributed by atoms with Crippen LogP contribution in [0.3, 0.4) is 0 Å². The van der Waals surface area contributed by atoms with Crippen LogP contribution in [-0.2, 0) is 4.79 Å². The third-order valence-corrected chi connectivity index (χ3v) is 5.25. The van der Waals surface area contributed by atoms with Crippen molar-refractivity contribution in [2.24, 2.45) is 0 Å². The summed E-state index contributed by atoms with van der Waals surface area (Å²) in [4.78, 5) is 11.9. The zero-order chi connectivity index (χ0) is 15.6. The molecule has 2 aromatic heterocycles. The maximum absolute atomic E-state index is 10.8. The summed E-state index contributed by atoms with van der Waals surface area (Å²) in [6, 6.07) is 3.86. The van der Waals surface area contributed by atoms with E-state index in [1.54, 1.807) is 0 Å². The topological polar surface area (TPSA) is 68.0 Å². The number of halogens is 1. The van der Waals surface area contributed by atoms with Gasteiger partial charge < -0.3 is 5.11 Å². The molecule has 0 saturated carbocycles. The molecular formula is C13H16ClN3O2S2. The van der Waals surface area contributed by atoms with E-state index in [0.717, 1.165) is 15.0 Å². The first kappa shape index (κ1) is 16.3. The molecule has 0 aliphatic carbocycles. The van der Waals surface area contributed by atoms with E-state index in [1.807, 2.05) is 37.5 Å². The molecule has 0 aliphatic rings. The molecule has 5 nitrogen and oxygen atoms in total. The summed E-state index contributed by atoms with van der Waals surface area (Å²) in [5, 5.41) is 17.8. The number of hydrogen-bond donors (Lipinski definition) is 1. The highest BCUT2D eigenvalue weighted by Crippen LogP contribution is 2.33. The number of carboxylic acids is 1. The SMILES string of the molecule is CC(C)c1nnc(SCC(=O)O)n1C(C)c1ccc(Cl)s1. The van der Waals surface area contributed by atoms with E-state index in [-0.39, 0.29) is 17.7 Å². The Bertz CT molecular complexity index is 639. The Morgan fingerprint density at radius 3 is 2.67 bits per heavy atom. The van der Waals surface area contributed by atoms with Crippen LogP contribution in [0.2, 0.25) is 4.34 Å². The van der Waals surface area contributed by atoms with E-state index in [1.165, 1.54) is 23.1 Å². The molecule has 8 heteroatoms. The molecular weight excluding hydrogens is 330 g/mol. The van der Waals surface area contributed by atoms with Crippen LogP contribution in [0.25, 0.3) is 0 Å². The monoisotopic (exact) mass is 345 g/mol. The lowest BCUT2D eigenvalue weighted by Gasteiger charge is -2.18. The molecule has 1 atom stereocenters. The van der Waals surface area contributed by atoms with Gasteiger partial charge in [-0.3, -0.25) is 9.36 Å². The van der Waals surface area contributed by atoms with Crippen molar-refractivity contribution in [2.45, 2.75) is 37.9 Å². The number of thioether (sulfide) groups is 1. The van der Waals surface area contributed by atoms with Crippen LogP contribution in [0.1, 0.15) is 43.4 Å². The van der Waals surface area contributed by atoms with Crippen LogP contribution in [0.15, 0.2) is 17.3 Å². The van der Waals surface area contributed by atoms with Crippen molar-refractivity contribution in [2.75, 3.05) is 5.75 Å². The lowest BCUT2D eigenvalue weighted by atomic mass is 10.2. The zero-order valence-electron chi connectivity index (χ0n) is 11.9. The van der Waals surface area contributed by atoms with E-state index in [4.69, 9.17) is 16.7 Å². The lowest BCUT2D eigenvalue weighted by molar-refractivity contribution is -0.133. The molecule has 1 N–H and O–H groups in total. The molecule has 1 unspecified atom stereocenters. The molecule has 2 rings (SSSR count). The highest BCUT2D eigenvalue weighted by Gasteiger charge is 2.22. The molecule has 0 fully saturated rings. The second kappa shape index (κ2) is 6.81. The van der Waals surface area contributed by atoms with Crippen molar-refractivity contribution in [3.63, 3.8) is 0 Å². The fraction of sp³-hybridized carbons (Fsp3) is 0.462.